The summed E-state index contributed by atoms with van der Waals surface area (Å²) in [6, 6.07) is 7.61. The third kappa shape index (κ3) is 4.92. The fraction of sp³-hybridized carbons (Fsp3) is 0.182. The number of hydrogen-bond acceptors (Lipinski definition) is 4. The van der Waals surface area contributed by atoms with Crippen LogP contribution in [0.2, 0.25) is 10.0 Å². The monoisotopic (exact) mass is 474 g/mol. The number of carbonyl (C=O) groups excluding carboxylic acids is 1. The number of carboxylic acids is 1. The lowest BCUT2D eigenvalue weighted by molar-refractivity contribution is -0.115. The highest BCUT2D eigenvalue weighted by Crippen LogP contribution is 2.30. The van der Waals surface area contributed by atoms with Crippen LogP contribution in [-0.4, -0.2) is 31.3 Å². The standard InChI is InChI=1S/C22H20Cl2N4O4/c1-3-5-19(30)25-18-8-9-27(26-18)12-14-11-17(29)20(22(31)32)21(28(14)4-2)13-6-7-15(23)16(24)10-13/h3,6-11H,1,4-5,12H2,2H3,(H,31,32)(H,25,26,30). The van der Waals surface area contributed by atoms with Crippen molar-refractivity contribution in [1.82, 2.24) is 14.3 Å². The van der Waals surface area contributed by atoms with Gasteiger partial charge in [-0.05, 0) is 19.1 Å². The molecule has 2 heterocycles. The zero-order valence-electron chi connectivity index (χ0n) is 17.1. The number of halogens is 2. The minimum Gasteiger partial charge on any atom is -0.477 e. The summed E-state index contributed by atoms with van der Waals surface area (Å²) in [5, 5.41) is 17.2. The number of benzene rings is 1. The van der Waals surface area contributed by atoms with Gasteiger partial charge < -0.3 is 15.0 Å². The van der Waals surface area contributed by atoms with Crippen LogP contribution < -0.4 is 10.7 Å². The van der Waals surface area contributed by atoms with Gasteiger partial charge in [-0.1, -0.05) is 35.3 Å². The summed E-state index contributed by atoms with van der Waals surface area (Å²) in [5.41, 5.74) is 0.232. The second-order valence-corrected chi connectivity index (χ2v) is 7.66. The van der Waals surface area contributed by atoms with Crippen LogP contribution in [0.3, 0.4) is 0 Å². The molecule has 0 saturated heterocycles. The lowest BCUT2D eigenvalue weighted by Crippen LogP contribution is -2.24. The van der Waals surface area contributed by atoms with E-state index in [1.807, 2.05) is 6.92 Å². The predicted octanol–water partition coefficient (Wildman–Crippen LogP) is 4.30. The number of nitrogens with zero attached hydrogens (tertiary/aromatic N) is 3. The number of rotatable bonds is 8. The average Bonchev–Trinajstić information content (AvgIpc) is 3.16. The van der Waals surface area contributed by atoms with Gasteiger partial charge in [-0.25, -0.2) is 4.79 Å². The van der Waals surface area contributed by atoms with E-state index >= 15 is 0 Å². The number of carbonyl (C=O) groups is 2. The van der Waals surface area contributed by atoms with Gasteiger partial charge in [-0.3, -0.25) is 14.3 Å². The Morgan fingerprint density at radius 2 is 1.97 bits per heavy atom. The first-order valence-electron chi connectivity index (χ1n) is 9.64. The van der Waals surface area contributed by atoms with Crippen LogP contribution in [0.25, 0.3) is 11.3 Å². The maximum Gasteiger partial charge on any atom is 0.341 e. The highest BCUT2D eigenvalue weighted by atomic mass is 35.5. The van der Waals surface area contributed by atoms with Crippen LogP contribution in [0.15, 0.2) is 54.0 Å². The molecule has 0 aliphatic rings. The Morgan fingerprint density at radius 1 is 1.22 bits per heavy atom. The van der Waals surface area contributed by atoms with Crippen molar-refractivity contribution >= 4 is 40.9 Å². The molecule has 0 unspecified atom stereocenters. The third-order valence-corrected chi connectivity index (χ3v) is 5.42. The van der Waals surface area contributed by atoms with Crippen LogP contribution >= 0.6 is 23.2 Å². The van der Waals surface area contributed by atoms with Crippen molar-refractivity contribution in [3.05, 3.63) is 80.7 Å². The molecular formula is C22H20Cl2N4O4. The lowest BCUT2D eigenvalue weighted by atomic mass is 10.0. The van der Waals surface area contributed by atoms with Crippen LogP contribution in [0.1, 0.15) is 29.4 Å². The Kier molecular flexibility index (Phi) is 7.17. The molecule has 166 valence electrons. The summed E-state index contributed by atoms with van der Waals surface area (Å²) >= 11 is 12.2. The highest BCUT2D eigenvalue weighted by molar-refractivity contribution is 6.42. The topological polar surface area (TPSA) is 106 Å². The predicted molar refractivity (Wildman–Crippen MR) is 124 cm³/mol. The molecule has 0 spiro atoms. The number of anilines is 1. The molecule has 0 saturated carbocycles. The number of nitrogens with one attached hydrogen (secondary N) is 1. The third-order valence-electron chi connectivity index (χ3n) is 4.68. The van der Waals surface area contributed by atoms with E-state index in [1.54, 1.807) is 33.6 Å². The molecule has 1 amide bonds. The van der Waals surface area contributed by atoms with E-state index in [2.05, 4.69) is 17.0 Å². The molecule has 2 aromatic heterocycles. The maximum atomic E-state index is 12.8. The molecule has 32 heavy (non-hydrogen) atoms. The molecule has 3 rings (SSSR count). The average molecular weight is 475 g/mol. The second kappa shape index (κ2) is 9.84. The fourth-order valence-corrected chi connectivity index (χ4v) is 3.64. The van der Waals surface area contributed by atoms with E-state index in [9.17, 15) is 19.5 Å². The molecule has 0 fully saturated rings. The van der Waals surface area contributed by atoms with E-state index in [-0.39, 0.29) is 35.2 Å². The van der Waals surface area contributed by atoms with Gasteiger partial charge in [-0.15, -0.1) is 6.58 Å². The number of carboxylic acid groups (broad SMARTS) is 1. The molecule has 10 heteroatoms. The van der Waals surface area contributed by atoms with Gasteiger partial charge in [0.05, 0.1) is 22.3 Å². The van der Waals surface area contributed by atoms with Gasteiger partial charge in [0.15, 0.2) is 11.2 Å². The number of amides is 1. The van der Waals surface area contributed by atoms with Crippen molar-refractivity contribution in [1.29, 1.82) is 0 Å². The normalized spacial score (nSPS) is 10.7. The van der Waals surface area contributed by atoms with Crippen molar-refractivity contribution in [3.63, 3.8) is 0 Å². The van der Waals surface area contributed by atoms with Crippen molar-refractivity contribution < 1.29 is 14.7 Å². The van der Waals surface area contributed by atoms with E-state index < -0.39 is 11.4 Å². The Labute approximate surface area is 193 Å². The van der Waals surface area contributed by atoms with Crippen LogP contribution in [0.5, 0.6) is 0 Å². The summed E-state index contributed by atoms with van der Waals surface area (Å²) < 4.78 is 3.27. The molecule has 0 aliphatic carbocycles. The summed E-state index contributed by atoms with van der Waals surface area (Å²) in [6.45, 7) is 5.92. The summed E-state index contributed by atoms with van der Waals surface area (Å²) in [4.78, 5) is 36.4. The van der Waals surface area contributed by atoms with E-state index in [0.717, 1.165) is 0 Å². The minimum absolute atomic E-state index is 0.159. The minimum atomic E-state index is -1.34. The lowest BCUT2D eigenvalue weighted by Gasteiger charge is -2.20. The number of pyridine rings is 1. The summed E-state index contributed by atoms with van der Waals surface area (Å²) in [7, 11) is 0. The first kappa shape index (κ1) is 23.3. The quantitative estimate of drug-likeness (QED) is 0.473. The SMILES string of the molecule is C=CCC(=O)Nc1ccn(Cc2cc(=O)c(C(=O)O)c(-c3ccc(Cl)c(Cl)c3)n2CC)n1. The van der Waals surface area contributed by atoms with Gasteiger partial charge in [0, 0.05) is 42.6 Å². The van der Waals surface area contributed by atoms with E-state index in [4.69, 9.17) is 23.2 Å². The number of aromatic carboxylic acids is 1. The molecule has 0 aliphatic heterocycles. The van der Waals surface area contributed by atoms with Gasteiger partial charge in [0.25, 0.3) is 0 Å². The number of hydrogen-bond donors (Lipinski definition) is 2. The Hall–Kier alpha value is -3.36. The Bertz CT molecular complexity index is 1260. The second-order valence-electron chi connectivity index (χ2n) is 6.84. The first-order valence-corrected chi connectivity index (χ1v) is 10.4. The first-order chi connectivity index (χ1) is 15.2. The van der Waals surface area contributed by atoms with Crippen LogP contribution in [0.4, 0.5) is 5.82 Å². The van der Waals surface area contributed by atoms with E-state index in [0.29, 0.717) is 28.6 Å². The zero-order chi connectivity index (χ0) is 23.4. The van der Waals surface area contributed by atoms with Crippen molar-refractivity contribution in [2.75, 3.05) is 5.32 Å². The molecule has 3 aromatic rings. The van der Waals surface area contributed by atoms with Crippen LogP contribution in [0, 0.1) is 0 Å². The van der Waals surface area contributed by atoms with E-state index in [1.165, 1.54) is 18.2 Å². The highest BCUT2D eigenvalue weighted by Gasteiger charge is 2.22. The Balaban J connectivity index is 2.09. The smallest absolute Gasteiger partial charge is 0.341 e. The molecular weight excluding hydrogens is 455 g/mol. The fourth-order valence-electron chi connectivity index (χ4n) is 3.35. The number of aromatic nitrogens is 3. The summed E-state index contributed by atoms with van der Waals surface area (Å²) in [5.74, 6) is -1.23. The molecule has 0 radical (unpaired) electrons. The van der Waals surface area contributed by atoms with Gasteiger partial charge in [0.1, 0.15) is 5.56 Å². The van der Waals surface area contributed by atoms with Gasteiger partial charge in [0.2, 0.25) is 5.91 Å². The van der Waals surface area contributed by atoms with Crippen LogP contribution in [-0.2, 0) is 17.9 Å². The molecule has 1 aromatic carbocycles. The van der Waals surface area contributed by atoms with Gasteiger partial charge in [-0.2, -0.15) is 5.10 Å². The molecule has 2 N–H and O–H groups in total. The summed E-state index contributed by atoms with van der Waals surface area (Å²) in [6.07, 6.45) is 3.30. The van der Waals surface area contributed by atoms with Crippen molar-refractivity contribution in [2.24, 2.45) is 0 Å². The largest absolute Gasteiger partial charge is 0.477 e. The van der Waals surface area contributed by atoms with Crippen molar-refractivity contribution in [2.45, 2.75) is 26.4 Å². The molecule has 8 nitrogen and oxygen atoms in total. The Morgan fingerprint density at radius 3 is 2.59 bits per heavy atom. The molecule has 0 atom stereocenters. The zero-order valence-corrected chi connectivity index (χ0v) is 18.7. The maximum absolute atomic E-state index is 12.8. The van der Waals surface area contributed by atoms with Gasteiger partial charge >= 0.3 is 5.97 Å². The molecule has 0 bridgehead atoms. The van der Waals surface area contributed by atoms with Crippen molar-refractivity contribution in [3.8, 4) is 11.3 Å².